The van der Waals surface area contributed by atoms with E-state index in [4.69, 9.17) is 16.9 Å². The van der Waals surface area contributed by atoms with Crippen LogP contribution < -0.4 is 0 Å². The molecule has 0 bridgehead atoms. The van der Waals surface area contributed by atoms with Gasteiger partial charge in [0.25, 0.3) is 0 Å². The maximum absolute atomic E-state index is 8.08. The lowest BCUT2D eigenvalue weighted by molar-refractivity contribution is -0.364. The van der Waals surface area contributed by atoms with Crippen LogP contribution in [0.15, 0.2) is 0 Å². The molecular formula is H5N4O2P-2. The lowest BCUT2D eigenvalue weighted by atomic mass is 12.2. The number of rotatable bonds is 2. The van der Waals surface area contributed by atoms with Gasteiger partial charge in [0.15, 0.2) is 0 Å². The van der Waals surface area contributed by atoms with Crippen molar-refractivity contribution in [3.63, 3.8) is 0 Å². The summed E-state index contributed by atoms with van der Waals surface area (Å²) in [6.45, 7) is 0. The third kappa shape index (κ3) is 2.84. The van der Waals surface area contributed by atoms with E-state index in [9.17, 15) is 0 Å². The molecule has 7 heavy (non-hydrogen) atoms. The average Bonchev–Trinajstić information content (AvgIpc) is 1.65. The molecule has 0 aliphatic carbocycles. The van der Waals surface area contributed by atoms with E-state index in [2.05, 4.69) is 4.62 Å². The second kappa shape index (κ2) is 3.23. The molecule has 1 unspecified atom stereocenters. The van der Waals surface area contributed by atoms with Crippen LogP contribution in [0.25, 0.3) is 11.7 Å². The number of hydrogen-bond donors (Lipinski definition) is 1. The highest BCUT2D eigenvalue weighted by molar-refractivity contribution is 7.09. The van der Waals surface area contributed by atoms with Crippen molar-refractivity contribution >= 4 is 9.47 Å². The van der Waals surface area contributed by atoms with E-state index in [-0.39, 0.29) is 10.6 Å². The lowest BCUT2D eigenvalue weighted by Crippen LogP contribution is -2.25. The molecule has 44 valence electrons. The van der Waals surface area contributed by atoms with E-state index in [1.807, 2.05) is 0 Å². The second-order valence-corrected chi connectivity index (χ2v) is 0.881. The smallest absolute Gasteiger partial charge is 0.0305 e. The fraction of sp³-hybridized carbons (Fsp3) is 0. The van der Waals surface area contributed by atoms with Gasteiger partial charge in [0.2, 0.25) is 0 Å². The van der Waals surface area contributed by atoms with Crippen LogP contribution in [-0.4, -0.2) is 15.8 Å². The van der Waals surface area contributed by atoms with Gasteiger partial charge >= 0.3 is 0 Å². The quantitative estimate of drug-likeness (QED) is 0.430. The lowest BCUT2D eigenvalue weighted by Gasteiger charge is -2.35. The largest absolute Gasteiger partial charge is 0.611 e. The van der Waals surface area contributed by atoms with E-state index >= 15 is 0 Å². The Morgan fingerprint density at radius 3 is 2.00 bits per heavy atom. The monoisotopic (exact) mass is 124 g/mol. The molecule has 0 aromatic rings. The molecule has 6 nitrogen and oxygen atoms in total. The van der Waals surface area contributed by atoms with Crippen molar-refractivity contribution in [1.82, 2.24) is 10.6 Å². The van der Waals surface area contributed by atoms with Crippen LogP contribution in [0, 0.1) is 0 Å². The van der Waals surface area contributed by atoms with Gasteiger partial charge in [-0.05, 0) is 5.34 Å². The maximum atomic E-state index is 8.08. The number of hydrazine groups is 1. The van der Waals surface area contributed by atoms with Gasteiger partial charge < -0.3 is 16.9 Å². The molecule has 3 N–H and O–H groups in total. The van der Waals surface area contributed by atoms with Gasteiger partial charge in [-0.15, -0.1) is 0 Å². The van der Waals surface area contributed by atoms with Crippen LogP contribution in [0.1, 0.15) is 0 Å². The molecule has 0 radical (unpaired) electrons. The zero-order valence-electron chi connectivity index (χ0n) is 3.33. The topological polar surface area (TPSA) is 83.5 Å². The molecule has 0 spiro atoms. The van der Waals surface area contributed by atoms with Gasteiger partial charge in [-0.25, -0.2) is 4.62 Å². The number of hydrogen-bond acceptors (Lipinski definition) is 4. The van der Waals surface area contributed by atoms with E-state index in [0.717, 1.165) is 0 Å². The van der Waals surface area contributed by atoms with Crippen molar-refractivity contribution in [2.75, 3.05) is 0 Å². The summed E-state index contributed by atoms with van der Waals surface area (Å²) < 4.78 is 3.87. The van der Waals surface area contributed by atoms with Crippen LogP contribution in [-0.2, 0) is 4.62 Å². The first-order chi connectivity index (χ1) is 3.18. The minimum absolute atomic E-state index is 0.0787. The molecule has 1 atom stereocenters. The van der Waals surface area contributed by atoms with Crippen molar-refractivity contribution in [3.05, 3.63) is 11.7 Å². The Morgan fingerprint density at radius 1 is 1.57 bits per heavy atom. The van der Waals surface area contributed by atoms with E-state index in [0.29, 0.717) is 0 Å². The summed E-state index contributed by atoms with van der Waals surface area (Å²) in [5.41, 5.74) is 0. The number of nitrogens with zero attached hydrogens (tertiary/aromatic N) is 2. The summed E-state index contributed by atoms with van der Waals surface area (Å²) in [6.07, 6.45) is 0. The molecule has 0 rings (SSSR count). The third-order valence-electron chi connectivity index (χ3n) is 0.265. The summed E-state index contributed by atoms with van der Waals surface area (Å²) in [7, 11) is 1.66. The Labute approximate surface area is 42.7 Å². The standard InChI is InChI=1S/H5N4O2P/c1-3(2)4(5)6-7/h1-2,5H,7H2/q-2. The van der Waals surface area contributed by atoms with E-state index in [1.54, 1.807) is 9.47 Å². The molecule has 0 fully saturated rings. The van der Waals surface area contributed by atoms with Crippen molar-refractivity contribution in [2.24, 2.45) is 0 Å². The van der Waals surface area contributed by atoms with Crippen LogP contribution >= 0.6 is 9.47 Å². The van der Waals surface area contributed by atoms with Gasteiger partial charge in [-0.3, -0.25) is 5.21 Å². The Bertz CT molecular complexity index is 47.0. The van der Waals surface area contributed by atoms with Crippen LogP contribution in [0.4, 0.5) is 0 Å². The predicted octanol–water partition coefficient (Wildman–Crippen LogP) is 0.551. The Morgan fingerprint density at radius 2 is 2.00 bits per heavy atom. The highest BCUT2D eigenvalue weighted by Gasteiger charge is 1.83. The summed E-state index contributed by atoms with van der Waals surface area (Å²) in [5, 5.41) is 7.87. The van der Waals surface area contributed by atoms with Crippen LogP contribution in [0.2, 0.25) is 0 Å². The summed E-state index contributed by atoms with van der Waals surface area (Å²) in [6, 6.07) is 0. The molecular weight excluding hydrogens is 119 g/mol. The fourth-order valence-electron chi connectivity index (χ4n) is 0.0471. The van der Waals surface area contributed by atoms with Crippen molar-refractivity contribution in [2.45, 2.75) is 0 Å². The first-order valence-corrected chi connectivity index (χ1v) is 1.74. The highest BCUT2D eigenvalue weighted by atomic mass is 31.0. The normalized spacial score (nSPS) is 11.1. The minimum Gasteiger partial charge on any atom is -0.611 e. The Hall–Kier alpha value is 0.190. The first-order valence-electron chi connectivity index (χ1n) is 1.27. The molecule has 0 aliphatic heterocycles. The maximum Gasteiger partial charge on any atom is 0.0305 e. The second-order valence-electron chi connectivity index (χ2n) is 0.670. The van der Waals surface area contributed by atoms with Crippen molar-refractivity contribution < 1.29 is 9.83 Å². The van der Waals surface area contributed by atoms with Gasteiger partial charge in [0, 0.05) is 9.47 Å². The molecule has 0 heterocycles. The van der Waals surface area contributed by atoms with Gasteiger partial charge in [-0.1, -0.05) is 0 Å². The summed E-state index contributed by atoms with van der Waals surface area (Å²) in [5.74, 6) is 12.4. The third-order valence-corrected chi connectivity index (χ3v) is 0.454. The molecule has 0 aliphatic rings. The first kappa shape index (κ1) is 7.19. The van der Waals surface area contributed by atoms with E-state index < -0.39 is 0 Å². The predicted molar refractivity (Wildman–Crippen MR) is 24.9 cm³/mol. The van der Waals surface area contributed by atoms with Crippen molar-refractivity contribution in [3.8, 4) is 0 Å². The highest BCUT2D eigenvalue weighted by Crippen LogP contribution is 1.96. The van der Waals surface area contributed by atoms with E-state index in [1.165, 1.54) is 0 Å². The molecule has 0 aromatic heterocycles. The van der Waals surface area contributed by atoms with Crippen molar-refractivity contribution in [1.29, 1.82) is 0 Å². The molecule has 0 saturated heterocycles. The van der Waals surface area contributed by atoms with Gasteiger partial charge in [0.1, 0.15) is 0 Å². The van der Waals surface area contributed by atoms with Gasteiger partial charge in [0.05, 0.1) is 0 Å². The summed E-state index contributed by atoms with van der Waals surface area (Å²) in [4.78, 5) is 0. The molecule has 0 aromatic carbocycles. The molecule has 7 heteroatoms. The van der Waals surface area contributed by atoms with Crippen LogP contribution in [0.3, 0.4) is 0 Å². The van der Waals surface area contributed by atoms with Gasteiger partial charge in [-0.2, -0.15) is 0 Å². The number of nitrogens with one attached hydrogen (secondary N) is 2. The SMILES string of the molecule is [NH-]N([NH-])N(O)OP. The minimum atomic E-state index is -0.132. The Kier molecular flexibility index (Phi) is 3.31. The molecule has 0 saturated carbocycles. The zero-order chi connectivity index (χ0) is 5.86. The average molecular weight is 124 g/mol. The molecule has 0 amide bonds. The van der Waals surface area contributed by atoms with Crippen LogP contribution in [0.5, 0.6) is 0 Å². The zero-order valence-corrected chi connectivity index (χ0v) is 4.48. The Balaban J connectivity index is 3.14. The summed E-state index contributed by atoms with van der Waals surface area (Å²) >= 11 is 0. The fourth-order valence-corrected chi connectivity index (χ4v) is 0.141.